The summed E-state index contributed by atoms with van der Waals surface area (Å²) >= 11 is 0. The van der Waals surface area contributed by atoms with Gasteiger partial charge >= 0.3 is 0 Å². The van der Waals surface area contributed by atoms with Crippen molar-refractivity contribution in [3.63, 3.8) is 0 Å². The normalized spacial score (nSPS) is 28.3. The van der Waals surface area contributed by atoms with E-state index in [1.165, 1.54) is 18.4 Å². The summed E-state index contributed by atoms with van der Waals surface area (Å²) in [6, 6.07) is 6.59. The smallest absolute Gasteiger partial charge is 0.126 e. The molecule has 0 radical (unpaired) electrons. The third kappa shape index (κ3) is 2.06. The van der Waals surface area contributed by atoms with Crippen LogP contribution in [0.1, 0.15) is 36.4 Å². The van der Waals surface area contributed by atoms with Gasteiger partial charge in [-0.1, -0.05) is 12.1 Å². The number of hydrogen-bond acceptors (Lipinski definition) is 2. The van der Waals surface area contributed by atoms with Gasteiger partial charge < -0.3 is 5.32 Å². The lowest BCUT2D eigenvalue weighted by molar-refractivity contribution is 0.139. The van der Waals surface area contributed by atoms with Gasteiger partial charge in [-0.2, -0.15) is 0 Å². The molecule has 1 heterocycles. The fourth-order valence-corrected chi connectivity index (χ4v) is 3.49. The summed E-state index contributed by atoms with van der Waals surface area (Å²) in [6.45, 7) is 2.25. The van der Waals surface area contributed by atoms with Crippen LogP contribution in [0.2, 0.25) is 0 Å². The molecule has 1 saturated heterocycles. The van der Waals surface area contributed by atoms with E-state index in [1.807, 2.05) is 13.1 Å². The van der Waals surface area contributed by atoms with E-state index in [0.29, 0.717) is 12.1 Å². The van der Waals surface area contributed by atoms with E-state index in [-0.39, 0.29) is 5.82 Å². The van der Waals surface area contributed by atoms with Crippen LogP contribution in [0.3, 0.4) is 0 Å². The van der Waals surface area contributed by atoms with E-state index in [0.717, 1.165) is 31.5 Å². The number of likely N-dealkylation sites (N-methyl/N-ethyl adjacent to an activating group) is 1. The number of fused-ring (bicyclic) bond motifs is 1. The van der Waals surface area contributed by atoms with Crippen LogP contribution in [-0.4, -0.2) is 31.1 Å². The largest absolute Gasteiger partial charge is 0.316 e. The molecule has 1 N–H and O–H groups in total. The molecule has 2 aliphatic rings. The van der Waals surface area contributed by atoms with Crippen molar-refractivity contribution in [3.05, 3.63) is 35.1 Å². The Morgan fingerprint density at radius 3 is 3.06 bits per heavy atom. The maximum Gasteiger partial charge on any atom is 0.126 e. The third-order valence-corrected chi connectivity index (χ3v) is 4.48. The molecule has 1 fully saturated rings. The Morgan fingerprint density at radius 1 is 1.33 bits per heavy atom. The van der Waals surface area contributed by atoms with E-state index in [9.17, 15) is 4.39 Å². The lowest BCUT2D eigenvalue weighted by atomic mass is 10.0. The highest BCUT2D eigenvalue weighted by Gasteiger charge is 2.32. The van der Waals surface area contributed by atoms with Gasteiger partial charge in [0.05, 0.1) is 0 Å². The summed E-state index contributed by atoms with van der Waals surface area (Å²) in [7, 11) is 2.04. The number of piperidine rings is 1. The van der Waals surface area contributed by atoms with Gasteiger partial charge in [-0.15, -0.1) is 0 Å². The molecule has 1 aliphatic heterocycles. The molecule has 0 bridgehead atoms. The number of halogens is 1. The number of nitrogens with zero attached hydrogens (tertiary/aromatic N) is 1. The van der Waals surface area contributed by atoms with E-state index in [4.69, 9.17) is 0 Å². The van der Waals surface area contributed by atoms with Crippen molar-refractivity contribution in [3.8, 4) is 0 Å². The number of rotatable bonds is 2. The molecular weight excluding hydrogens is 227 g/mol. The van der Waals surface area contributed by atoms with E-state index in [1.54, 1.807) is 6.07 Å². The Morgan fingerprint density at radius 2 is 2.22 bits per heavy atom. The molecule has 1 aromatic rings. The summed E-state index contributed by atoms with van der Waals surface area (Å²) in [5.74, 6) is -0.0165. The highest BCUT2D eigenvalue weighted by molar-refractivity contribution is 5.35. The van der Waals surface area contributed by atoms with Crippen LogP contribution >= 0.6 is 0 Å². The molecule has 2 atom stereocenters. The first-order valence-corrected chi connectivity index (χ1v) is 6.98. The van der Waals surface area contributed by atoms with E-state index >= 15 is 0 Å². The topological polar surface area (TPSA) is 15.3 Å². The second-order valence-electron chi connectivity index (χ2n) is 5.48. The SMILES string of the molecule is CNC1CCCN(C2CCc3c(F)cccc32)C1. The molecule has 2 nitrogen and oxygen atoms in total. The standard InChI is InChI=1S/C15H21FN2/c1-17-11-4-3-9-18(10-11)15-8-7-12-13(15)5-2-6-14(12)16/h2,5-6,11,15,17H,3-4,7-10H2,1H3. The van der Waals surface area contributed by atoms with Gasteiger partial charge in [-0.05, 0) is 56.5 Å². The van der Waals surface area contributed by atoms with Crippen LogP contribution in [0, 0.1) is 5.82 Å². The molecule has 98 valence electrons. The zero-order valence-electron chi connectivity index (χ0n) is 11.0. The van der Waals surface area contributed by atoms with Crippen LogP contribution in [-0.2, 0) is 6.42 Å². The van der Waals surface area contributed by atoms with Crippen LogP contribution in [0.4, 0.5) is 4.39 Å². The minimum Gasteiger partial charge on any atom is -0.316 e. The monoisotopic (exact) mass is 248 g/mol. The van der Waals surface area contributed by atoms with Gasteiger partial charge in [0, 0.05) is 18.6 Å². The summed E-state index contributed by atoms with van der Waals surface area (Å²) in [4.78, 5) is 2.54. The number of nitrogens with one attached hydrogen (secondary N) is 1. The first-order chi connectivity index (χ1) is 8.79. The van der Waals surface area contributed by atoms with Crippen molar-refractivity contribution >= 4 is 0 Å². The molecule has 0 aromatic heterocycles. The van der Waals surface area contributed by atoms with Crippen LogP contribution < -0.4 is 5.32 Å². The maximum absolute atomic E-state index is 13.7. The first kappa shape index (κ1) is 12.1. The molecule has 0 spiro atoms. The Kier molecular flexibility index (Phi) is 3.35. The Bertz CT molecular complexity index is 433. The zero-order valence-corrected chi connectivity index (χ0v) is 11.0. The second kappa shape index (κ2) is 4.98. The minimum atomic E-state index is -0.0165. The molecule has 1 aliphatic carbocycles. The van der Waals surface area contributed by atoms with Gasteiger partial charge in [0.2, 0.25) is 0 Å². The predicted molar refractivity (Wildman–Crippen MR) is 71.1 cm³/mol. The van der Waals surface area contributed by atoms with Crippen LogP contribution in [0.25, 0.3) is 0 Å². The molecular formula is C15H21FN2. The van der Waals surface area contributed by atoms with E-state index in [2.05, 4.69) is 16.3 Å². The highest BCUT2D eigenvalue weighted by Crippen LogP contribution is 2.38. The fraction of sp³-hybridized carbons (Fsp3) is 0.600. The van der Waals surface area contributed by atoms with Gasteiger partial charge in [0.15, 0.2) is 0 Å². The van der Waals surface area contributed by atoms with Gasteiger partial charge in [0.1, 0.15) is 5.82 Å². The molecule has 1 aromatic carbocycles. The fourth-order valence-electron chi connectivity index (χ4n) is 3.49. The number of likely N-dealkylation sites (tertiary alicyclic amines) is 1. The van der Waals surface area contributed by atoms with Gasteiger partial charge in [-0.3, -0.25) is 4.90 Å². The lowest BCUT2D eigenvalue weighted by Crippen LogP contribution is -2.45. The quantitative estimate of drug-likeness (QED) is 0.865. The third-order valence-electron chi connectivity index (χ3n) is 4.48. The average molecular weight is 248 g/mol. The summed E-state index contributed by atoms with van der Waals surface area (Å²) in [5.41, 5.74) is 2.18. The van der Waals surface area contributed by atoms with Crippen LogP contribution in [0.15, 0.2) is 18.2 Å². The number of benzene rings is 1. The van der Waals surface area contributed by atoms with Crippen molar-refractivity contribution in [1.29, 1.82) is 0 Å². The first-order valence-electron chi connectivity index (χ1n) is 6.98. The minimum absolute atomic E-state index is 0.0165. The van der Waals surface area contributed by atoms with Crippen molar-refractivity contribution in [2.45, 2.75) is 37.8 Å². The molecule has 3 rings (SSSR count). The zero-order chi connectivity index (χ0) is 12.5. The van der Waals surface area contributed by atoms with Crippen molar-refractivity contribution < 1.29 is 4.39 Å². The predicted octanol–water partition coefficient (Wildman–Crippen LogP) is 2.50. The Balaban J connectivity index is 1.81. The average Bonchev–Trinajstić information content (AvgIpc) is 2.84. The number of hydrogen-bond donors (Lipinski definition) is 1. The maximum atomic E-state index is 13.7. The Labute approximate surface area is 108 Å². The molecule has 0 amide bonds. The van der Waals surface area contributed by atoms with Crippen LogP contribution in [0.5, 0.6) is 0 Å². The van der Waals surface area contributed by atoms with Crippen molar-refractivity contribution in [1.82, 2.24) is 10.2 Å². The second-order valence-corrected chi connectivity index (χ2v) is 5.48. The van der Waals surface area contributed by atoms with Gasteiger partial charge in [-0.25, -0.2) is 4.39 Å². The summed E-state index contributed by atoms with van der Waals surface area (Å²) in [5, 5.41) is 3.38. The molecule has 0 saturated carbocycles. The van der Waals surface area contributed by atoms with Gasteiger partial charge in [0.25, 0.3) is 0 Å². The molecule has 18 heavy (non-hydrogen) atoms. The molecule has 2 unspecified atom stereocenters. The Hall–Kier alpha value is -0.930. The van der Waals surface area contributed by atoms with E-state index < -0.39 is 0 Å². The summed E-state index contributed by atoms with van der Waals surface area (Å²) in [6.07, 6.45) is 4.47. The lowest BCUT2D eigenvalue weighted by Gasteiger charge is -2.37. The molecule has 3 heteroatoms. The van der Waals surface area contributed by atoms with Crippen molar-refractivity contribution in [2.24, 2.45) is 0 Å². The highest BCUT2D eigenvalue weighted by atomic mass is 19.1. The summed E-state index contributed by atoms with van der Waals surface area (Å²) < 4.78 is 13.7. The van der Waals surface area contributed by atoms with Crippen molar-refractivity contribution in [2.75, 3.05) is 20.1 Å².